The SMILES string of the molecule is Cc1cc(NC(=O)COC(=O)[C@@H](NS(=O)(=O)c2ccc(Cl)cc2)[C@@H](C)O)c([N+](=O)[O-])cc1C. The van der Waals surface area contributed by atoms with Crippen molar-refractivity contribution in [2.24, 2.45) is 0 Å². The van der Waals surface area contributed by atoms with E-state index in [4.69, 9.17) is 16.3 Å². The van der Waals surface area contributed by atoms with Crippen LogP contribution in [0.15, 0.2) is 41.3 Å². The van der Waals surface area contributed by atoms with E-state index in [-0.39, 0.29) is 16.3 Å². The Morgan fingerprint density at radius 3 is 2.30 bits per heavy atom. The predicted octanol–water partition coefficient (Wildman–Crippen LogP) is 2.07. The van der Waals surface area contributed by atoms with E-state index in [2.05, 4.69) is 5.32 Å². The third-order valence-electron chi connectivity index (χ3n) is 4.57. The van der Waals surface area contributed by atoms with Crippen molar-refractivity contribution < 1.29 is 32.8 Å². The van der Waals surface area contributed by atoms with Gasteiger partial charge in [-0.2, -0.15) is 4.72 Å². The van der Waals surface area contributed by atoms with Gasteiger partial charge in [-0.3, -0.25) is 19.7 Å². The number of anilines is 1. The van der Waals surface area contributed by atoms with Crippen LogP contribution in [-0.4, -0.2) is 49.1 Å². The van der Waals surface area contributed by atoms with Gasteiger partial charge in [-0.1, -0.05) is 11.6 Å². The summed E-state index contributed by atoms with van der Waals surface area (Å²) in [6, 6.07) is 6.08. The zero-order chi connectivity index (χ0) is 24.9. The molecular formula is C20H22ClN3O8S. The van der Waals surface area contributed by atoms with Gasteiger partial charge in [0.1, 0.15) is 11.7 Å². The van der Waals surface area contributed by atoms with E-state index >= 15 is 0 Å². The molecule has 0 bridgehead atoms. The Kier molecular flexibility index (Phi) is 8.50. The van der Waals surface area contributed by atoms with Crippen LogP contribution in [0.4, 0.5) is 11.4 Å². The molecule has 0 radical (unpaired) electrons. The molecule has 33 heavy (non-hydrogen) atoms. The van der Waals surface area contributed by atoms with Crippen LogP contribution < -0.4 is 10.0 Å². The number of sulfonamides is 1. The molecule has 1 amide bonds. The summed E-state index contributed by atoms with van der Waals surface area (Å²) < 4.78 is 31.8. The molecule has 2 aromatic rings. The number of aryl methyl sites for hydroxylation is 2. The molecule has 0 saturated carbocycles. The van der Waals surface area contributed by atoms with Crippen molar-refractivity contribution >= 4 is 44.9 Å². The van der Waals surface area contributed by atoms with Gasteiger partial charge in [0.15, 0.2) is 6.61 Å². The average Bonchev–Trinajstić information content (AvgIpc) is 2.72. The number of nitrogens with one attached hydrogen (secondary N) is 2. The summed E-state index contributed by atoms with van der Waals surface area (Å²) in [5.41, 5.74) is 0.924. The second-order valence-corrected chi connectivity index (χ2v) is 9.31. The van der Waals surface area contributed by atoms with E-state index in [1.54, 1.807) is 13.8 Å². The number of nitro benzene ring substituents is 1. The van der Waals surface area contributed by atoms with E-state index in [9.17, 15) is 33.2 Å². The van der Waals surface area contributed by atoms with Gasteiger partial charge in [-0.15, -0.1) is 0 Å². The number of rotatable bonds is 9. The summed E-state index contributed by atoms with van der Waals surface area (Å²) in [5, 5.41) is 23.7. The molecule has 2 rings (SSSR count). The van der Waals surface area contributed by atoms with Crippen LogP contribution >= 0.6 is 11.6 Å². The largest absolute Gasteiger partial charge is 0.454 e. The van der Waals surface area contributed by atoms with E-state index < -0.39 is 45.6 Å². The Bertz CT molecular complexity index is 1170. The molecule has 0 aromatic heterocycles. The minimum atomic E-state index is -4.22. The molecule has 0 saturated heterocycles. The van der Waals surface area contributed by atoms with Gasteiger partial charge in [0.25, 0.3) is 11.6 Å². The lowest BCUT2D eigenvalue weighted by Crippen LogP contribution is -2.48. The first kappa shape index (κ1) is 26.2. The first-order chi connectivity index (χ1) is 15.3. The molecule has 0 heterocycles. The highest BCUT2D eigenvalue weighted by Crippen LogP contribution is 2.27. The number of aliphatic hydroxyl groups excluding tert-OH is 1. The van der Waals surface area contributed by atoms with Crippen molar-refractivity contribution in [2.45, 2.75) is 37.8 Å². The number of carbonyl (C=O) groups is 2. The predicted molar refractivity (Wildman–Crippen MR) is 119 cm³/mol. The minimum Gasteiger partial charge on any atom is -0.454 e. The standard InChI is InChI=1S/C20H22ClN3O8S/c1-11-8-16(17(24(28)29)9-12(11)2)22-18(26)10-32-20(27)19(13(3)25)23-33(30,31)15-6-4-14(21)5-7-15/h4-9,13,19,23,25H,10H2,1-3H3,(H,22,26)/t13-,19+/m1/s1. The molecule has 13 heteroatoms. The molecule has 178 valence electrons. The lowest BCUT2D eigenvalue weighted by Gasteiger charge is -2.20. The highest BCUT2D eigenvalue weighted by atomic mass is 35.5. The molecular weight excluding hydrogens is 478 g/mol. The fourth-order valence-corrected chi connectivity index (χ4v) is 4.04. The molecule has 2 atom stereocenters. The first-order valence-corrected chi connectivity index (χ1v) is 11.4. The van der Waals surface area contributed by atoms with Crippen LogP contribution in [0.25, 0.3) is 0 Å². The van der Waals surface area contributed by atoms with Gasteiger partial charge in [0.2, 0.25) is 10.0 Å². The molecule has 3 N–H and O–H groups in total. The highest BCUT2D eigenvalue weighted by molar-refractivity contribution is 7.89. The van der Waals surface area contributed by atoms with Crippen LogP contribution in [0.1, 0.15) is 18.1 Å². The zero-order valence-corrected chi connectivity index (χ0v) is 19.4. The monoisotopic (exact) mass is 499 g/mol. The number of hydrogen-bond acceptors (Lipinski definition) is 8. The minimum absolute atomic E-state index is 0.0836. The van der Waals surface area contributed by atoms with Crippen molar-refractivity contribution in [2.75, 3.05) is 11.9 Å². The van der Waals surface area contributed by atoms with Gasteiger partial charge < -0.3 is 15.2 Å². The number of carbonyl (C=O) groups excluding carboxylic acids is 2. The topological polar surface area (TPSA) is 165 Å². The summed E-state index contributed by atoms with van der Waals surface area (Å²) in [6.07, 6.45) is -1.50. The zero-order valence-electron chi connectivity index (χ0n) is 17.9. The maximum atomic E-state index is 12.5. The number of nitro groups is 1. The van der Waals surface area contributed by atoms with E-state index in [1.807, 2.05) is 4.72 Å². The highest BCUT2D eigenvalue weighted by Gasteiger charge is 2.31. The van der Waals surface area contributed by atoms with Gasteiger partial charge in [-0.25, -0.2) is 8.42 Å². The van der Waals surface area contributed by atoms with Crippen LogP contribution in [0, 0.1) is 24.0 Å². The van der Waals surface area contributed by atoms with E-state index in [0.717, 1.165) is 6.92 Å². The Balaban J connectivity index is 2.08. The summed E-state index contributed by atoms with van der Waals surface area (Å²) in [6.45, 7) is 3.68. The van der Waals surface area contributed by atoms with Gasteiger partial charge in [0, 0.05) is 11.1 Å². The van der Waals surface area contributed by atoms with Crippen LogP contribution in [0.5, 0.6) is 0 Å². The number of amides is 1. The van der Waals surface area contributed by atoms with Crippen LogP contribution in [0.3, 0.4) is 0 Å². The van der Waals surface area contributed by atoms with Crippen molar-refractivity contribution in [3.63, 3.8) is 0 Å². The summed E-state index contributed by atoms with van der Waals surface area (Å²) in [7, 11) is -4.22. The number of ether oxygens (including phenoxy) is 1. The lowest BCUT2D eigenvalue weighted by atomic mass is 10.1. The average molecular weight is 500 g/mol. The molecule has 0 aliphatic carbocycles. The third-order valence-corrected chi connectivity index (χ3v) is 6.28. The molecule has 0 aliphatic heterocycles. The molecule has 0 aliphatic rings. The van der Waals surface area contributed by atoms with Crippen molar-refractivity contribution in [1.82, 2.24) is 4.72 Å². The molecule has 0 fully saturated rings. The molecule has 0 unspecified atom stereocenters. The fourth-order valence-electron chi connectivity index (χ4n) is 2.66. The maximum absolute atomic E-state index is 12.5. The van der Waals surface area contributed by atoms with Crippen LogP contribution in [-0.2, 0) is 24.3 Å². The first-order valence-electron chi connectivity index (χ1n) is 9.50. The van der Waals surface area contributed by atoms with Crippen LogP contribution in [0.2, 0.25) is 5.02 Å². The quantitative estimate of drug-likeness (QED) is 0.268. The second kappa shape index (κ2) is 10.7. The van der Waals surface area contributed by atoms with E-state index in [1.165, 1.54) is 36.4 Å². The van der Waals surface area contributed by atoms with Gasteiger partial charge >= 0.3 is 5.97 Å². The summed E-state index contributed by atoms with van der Waals surface area (Å²) >= 11 is 5.74. The van der Waals surface area contributed by atoms with Crippen molar-refractivity contribution in [3.8, 4) is 0 Å². The summed E-state index contributed by atoms with van der Waals surface area (Å²) in [4.78, 5) is 34.9. The molecule has 0 spiro atoms. The Morgan fingerprint density at radius 1 is 1.18 bits per heavy atom. The van der Waals surface area contributed by atoms with Crippen molar-refractivity contribution in [3.05, 3.63) is 62.7 Å². The number of halogens is 1. The Hall–Kier alpha value is -3.06. The van der Waals surface area contributed by atoms with Gasteiger partial charge in [0.05, 0.1) is 15.9 Å². The maximum Gasteiger partial charge on any atom is 0.327 e. The number of benzene rings is 2. The normalized spacial score (nSPS) is 13.1. The summed E-state index contributed by atoms with van der Waals surface area (Å²) in [5.74, 6) is -2.10. The van der Waals surface area contributed by atoms with Crippen molar-refractivity contribution in [1.29, 1.82) is 0 Å². The third kappa shape index (κ3) is 6.96. The lowest BCUT2D eigenvalue weighted by molar-refractivity contribution is -0.384. The molecule has 2 aromatic carbocycles. The Labute approximate surface area is 194 Å². The Morgan fingerprint density at radius 2 is 1.76 bits per heavy atom. The number of hydrogen-bond donors (Lipinski definition) is 3. The smallest absolute Gasteiger partial charge is 0.327 e. The number of nitrogens with zero attached hydrogens (tertiary/aromatic N) is 1. The fraction of sp³-hybridized carbons (Fsp3) is 0.300. The van der Waals surface area contributed by atoms with E-state index in [0.29, 0.717) is 16.1 Å². The number of esters is 1. The number of aliphatic hydroxyl groups is 1. The second-order valence-electron chi connectivity index (χ2n) is 7.16. The van der Waals surface area contributed by atoms with Gasteiger partial charge in [-0.05, 0) is 62.2 Å². The molecule has 11 nitrogen and oxygen atoms in total.